The summed E-state index contributed by atoms with van der Waals surface area (Å²) in [5, 5.41) is 11.3. The van der Waals surface area contributed by atoms with Crippen molar-refractivity contribution in [2.75, 3.05) is 5.75 Å². The molecule has 170 valence electrons. The number of benzene rings is 2. The normalized spacial score (nSPS) is 12.5. The maximum Gasteiger partial charge on any atom is 0.250 e. The van der Waals surface area contributed by atoms with E-state index in [1.165, 1.54) is 0 Å². The van der Waals surface area contributed by atoms with E-state index in [1.807, 2.05) is 38.1 Å². The molecule has 2 aromatic carbocycles. The molecule has 0 aliphatic heterocycles. The van der Waals surface area contributed by atoms with E-state index in [0.717, 1.165) is 11.1 Å². The van der Waals surface area contributed by atoms with Crippen LogP contribution in [0.4, 0.5) is 0 Å². The summed E-state index contributed by atoms with van der Waals surface area (Å²) in [5.41, 5.74) is 2.50. The number of carbonyl (C=O) groups excluding carboxylic acids is 1. The Hall–Kier alpha value is -2.42. The van der Waals surface area contributed by atoms with Gasteiger partial charge in [-0.15, -0.1) is 10.2 Å². The van der Waals surface area contributed by atoms with Gasteiger partial charge in [-0.05, 0) is 44.0 Å². The molecule has 1 N–H and O–H groups in total. The lowest BCUT2D eigenvalue weighted by atomic mass is 10.1. The van der Waals surface area contributed by atoms with Crippen LogP contribution in [-0.4, -0.2) is 34.8 Å². The molecule has 1 aromatic heterocycles. The monoisotopic (exact) mass is 494 g/mol. The van der Waals surface area contributed by atoms with Crippen molar-refractivity contribution in [2.45, 2.75) is 44.9 Å². The highest BCUT2D eigenvalue weighted by atomic mass is 35.5. The molecule has 1 heterocycles. The summed E-state index contributed by atoms with van der Waals surface area (Å²) in [7, 11) is -4.02. The maximum absolute atomic E-state index is 13.0. The molecule has 0 saturated heterocycles. The van der Waals surface area contributed by atoms with Gasteiger partial charge in [-0.25, -0.2) is 8.42 Å². The van der Waals surface area contributed by atoms with Gasteiger partial charge in [0.15, 0.2) is 5.82 Å². The molecule has 32 heavy (non-hydrogen) atoms. The standard InChI is InChI=1S/C22H24Cl2N4O3S/c1-4-10-28-21(17-7-5-6-14(2)11-17)26-27-22(28)32(30,31)13-20(29)25-15(3)16-8-9-18(23)19(24)12-16/h5-9,11-12,15H,4,10,13H2,1-3H3,(H,25,29)/t15-/m1/s1. The van der Waals surface area contributed by atoms with Crippen LogP contribution in [0.3, 0.4) is 0 Å². The number of aryl methyl sites for hydroxylation is 1. The minimum absolute atomic E-state index is 0.215. The van der Waals surface area contributed by atoms with Crippen LogP contribution in [0, 0.1) is 6.92 Å². The minimum atomic E-state index is -4.02. The highest BCUT2D eigenvalue weighted by Crippen LogP contribution is 2.26. The van der Waals surface area contributed by atoms with Crippen molar-refractivity contribution in [3.63, 3.8) is 0 Å². The number of aromatic nitrogens is 3. The maximum atomic E-state index is 13.0. The highest BCUT2D eigenvalue weighted by Gasteiger charge is 2.28. The SMILES string of the molecule is CCCn1c(-c2cccc(C)c2)nnc1S(=O)(=O)CC(=O)N[C@H](C)c1ccc(Cl)c(Cl)c1. The van der Waals surface area contributed by atoms with Crippen molar-refractivity contribution < 1.29 is 13.2 Å². The Bertz CT molecular complexity index is 1240. The summed E-state index contributed by atoms with van der Waals surface area (Å²) in [6, 6.07) is 12.1. The molecule has 0 saturated carbocycles. The Balaban J connectivity index is 1.82. The fourth-order valence-electron chi connectivity index (χ4n) is 3.33. The number of hydrogen-bond acceptors (Lipinski definition) is 5. The van der Waals surface area contributed by atoms with Crippen LogP contribution in [0.2, 0.25) is 10.0 Å². The second-order valence-corrected chi connectivity index (χ2v) is 10.2. The fourth-order valence-corrected chi connectivity index (χ4v) is 4.87. The third-order valence-electron chi connectivity index (χ3n) is 4.86. The van der Waals surface area contributed by atoms with Crippen LogP contribution in [0.1, 0.15) is 37.4 Å². The molecule has 0 aliphatic carbocycles. The Kier molecular flexibility index (Phi) is 7.59. The van der Waals surface area contributed by atoms with E-state index < -0.39 is 27.5 Å². The topological polar surface area (TPSA) is 93.9 Å². The van der Waals surface area contributed by atoms with Crippen LogP contribution in [0.5, 0.6) is 0 Å². The highest BCUT2D eigenvalue weighted by molar-refractivity contribution is 7.92. The third-order valence-corrected chi connectivity index (χ3v) is 7.10. The molecule has 7 nitrogen and oxygen atoms in total. The van der Waals surface area contributed by atoms with E-state index in [9.17, 15) is 13.2 Å². The number of nitrogens with one attached hydrogen (secondary N) is 1. The zero-order chi connectivity index (χ0) is 23.5. The average molecular weight is 495 g/mol. The van der Waals surface area contributed by atoms with E-state index in [1.54, 1.807) is 29.7 Å². The molecule has 1 amide bonds. The lowest BCUT2D eigenvalue weighted by molar-refractivity contribution is -0.119. The smallest absolute Gasteiger partial charge is 0.250 e. The van der Waals surface area contributed by atoms with Gasteiger partial charge in [0, 0.05) is 12.1 Å². The molecule has 3 aromatic rings. The quantitative estimate of drug-likeness (QED) is 0.492. The number of rotatable bonds is 8. The van der Waals surface area contributed by atoms with Crippen LogP contribution in [0.25, 0.3) is 11.4 Å². The zero-order valence-electron chi connectivity index (χ0n) is 18.0. The predicted octanol–water partition coefficient (Wildman–Crippen LogP) is 4.62. The molecule has 0 bridgehead atoms. The van der Waals surface area contributed by atoms with E-state index >= 15 is 0 Å². The summed E-state index contributed by atoms with van der Waals surface area (Å²) in [4.78, 5) is 12.6. The Morgan fingerprint density at radius 3 is 2.53 bits per heavy atom. The number of hydrogen-bond donors (Lipinski definition) is 1. The summed E-state index contributed by atoms with van der Waals surface area (Å²) in [6.07, 6.45) is 0.680. The number of amides is 1. The Morgan fingerprint density at radius 2 is 1.88 bits per heavy atom. The van der Waals surface area contributed by atoms with Gasteiger partial charge < -0.3 is 5.32 Å². The number of carbonyl (C=O) groups is 1. The van der Waals surface area contributed by atoms with Gasteiger partial charge in [-0.3, -0.25) is 9.36 Å². The second kappa shape index (κ2) is 10.0. The van der Waals surface area contributed by atoms with Crippen molar-refractivity contribution in [3.05, 3.63) is 63.6 Å². The van der Waals surface area contributed by atoms with Gasteiger partial charge in [0.2, 0.25) is 15.7 Å². The van der Waals surface area contributed by atoms with Crippen molar-refractivity contribution in [3.8, 4) is 11.4 Å². The number of sulfone groups is 1. The largest absolute Gasteiger partial charge is 0.349 e. The van der Waals surface area contributed by atoms with Gasteiger partial charge in [0.05, 0.1) is 16.1 Å². The van der Waals surface area contributed by atoms with Gasteiger partial charge in [0.25, 0.3) is 5.16 Å². The first-order chi connectivity index (χ1) is 15.1. The molecule has 3 rings (SSSR count). The van der Waals surface area contributed by atoms with Gasteiger partial charge in [-0.2, -0.15) is 0 Å². The first kappa shape index (κ1) is 24.2. The fraction of sp³-hybridized carbons (Fsp3) is 0.318. The van der Waals surface area contributed by atoms with Gasteiger partial charge >= 0.3 is 0 Å². The van der Waals surface area contributed by atoms with Crippen LogP contribution < -0.4 is 5.32 Å². The number of halogens is 2. The van der Waals surface area contributed by atoms with Crippen molar-refractivity contribution in [1.29, 1.82) is 0 Å². The Labute approximate surface area is 197 Å². The molecular weight excluding hydrogens is 471 g/mol. The molecule has 10 heteroatoms. The molecule has 0 unspecified atom stereocenters. The van der Waals surface area contributed by atoms with Crippen LogP contribution in [0.15, 0.2) is 47.6 Å². The summed E-state index contributed by atoms with van der Waals surface area (Å²) in [6.45, 7) is 6.02. The van der Waals surface area contributed by atoms with Crippen molar-refractivity contribution in [1.82, 2.24) is 20.1 Å². The zero-order valence-corrected chi connectivity index (χ0v) is 20.3. The predicted molar refractivity (Wildman–Crippen MR) is 126 cm³/mol. The van der Waals surface area contributed by atoms with Crippen LogP contribution >= 0.6 is 23.2 Å². The summed E-state index contributed by atoms with van der Waals surface area (Å²) in [5.74, 6) is -0.931. The minimum Gasteiger partial charge on any atom is -0.349 e. The lowest BCUT2D eigenvalue weighted by Crippen LogP contribution is -2.33. The van der Waals surface area contributed by atoms with E-state index in [4.69, 9.17) is 23.2 Å². The molecule has 0 fully saturated rings. The number of nitrogens with zero attached hydrogens (tertiary/aromatic N) is 3. The Morgan fingerprint density at radius 1 is 1.12 bits per heavy atom. The van der Waals surface area contributed by atoms with Gasteiger partial charge in [-0.1, -0.05) is 60.0 Å². The van der Waals surface area contributed by atoms with E-state index in [2.05, 4.69) is 15.5 Å². The van der Waals surface area contributed by atoms with Crippen molar-refractivity contribution in [2.24, 2.45) is 0 Å². The van der Waals surface area contributed by atoms with Crippen LogP contribution in [-0.2, 0) is 21.2 Å². The first-order valence-corrected chi connectivity index (χ1v) is 12.5. The van der Waals surface area contributed by atoms with Crippen molar-refractivity contribution >= 4 is 38.9 Å². The lowest BCUT2D eigenvalue weighted by Gasteiger charge is -2.15. The molecule has 0 radical (unpaired) electrons. The first-order valence-electron chi connectivity index (χ1n) is 10.1. The third kappa shape index (κ3) is 5.49. The molecule has 0 spiro atoms. The average Bonchev–Trinajstić information content (AvgIpc) is 3.14. The van der Waals surface area contributed by atoms with E-state index in [-0.39, 0.29) is 5.16 Å². The molecule has 0 aliphatic rings. The summed E-state index contributed by atoms with van der Waals surface area (Å²) >= 11 is 12.0. The molecule has 1 atom stereocenters. The second-order valence-electron chi connectivity index (χ2n) is 7.55. The molecular formula is C22H24Cl2N4O3S. The van der Waals surface area contributed by atoms with E-state index in [0.29, 0.717) is 34.4 Å². The van der Waals surface area contributed by atoms with Gasteiger partial charge in [0.1, 0.15) is 5.75 Å². The summed E-state index contributed by atoms with van der Waals surface area (Å²) < 4.78 is 27.6.